The first kappa shape index (κ1) is 23.8. The number of benzene rings is 2. The van der Waals surface area contributed by atoms with Crippen molar-refractivity contribution >= 4 is 29.1 Å². The van der Waals surface area contributed by atoms with E-state index in [1.54, 1.807) is 36.4 Å². The highest BCUT2D eigenvalue weighted by atomic mass is 35.5. The van der Waals surface area contributed by atoms with Crippen LogP contribution in [0.25, 0.3) is 0 Å². The van der Waals surface area contributed by atoms with Gasteiger partial charge in [0, 0.05) is 43.3 Å². The van der Waals surface area contributed by atoms with E-state index in [9.17, 15) is 14.0 Å². The number of halogens is 2. The van der Waals surface area contributed by atoms with Crippen LogP contribution >= 0.6 is 11.6 Å². The average Bonchev–Trinajstić information content (AvgIpc) is 3.22. The maximum Gasteiger partial charge on any atom is 0.262 e. The first-order chi connectivity index (χ1) is 15.5. The van der Waals surface area contributed by atoms with E-state index in [1.165, 1.54) is 30.2 Å². The molecular weight excluding hydrogens is 437 g/mol. The highest BCUT2D eigenvalue weighted by Gasteiger charge is 2.36. The second-order valence-electron chi connectivity index (χ2n) is 7.25. The lowest BCUT2D eigenvalue weighted by atomic mass is 9.98. The minimum Gasteiger partial charge on any atom is -0.383 e. The van der Waals surface area contributed by atoms with Gasteiger partial charge in [-0.25, -0.2) is 9.40 Å². The number of amides is 2. The van der Waals surface area contributed by atoms with Crippen LogP contribution < -0.4 is 0 Å². The molecule has 0 fully saturated rings. The molecule has 7 nitrogen and oxygen atoms in total. The predicted octanol–water partition coefficient (Wildman–Crippen LogP) is 3.28. The molecule has 1 aliphatic heterocycles. The Labute approximate surface area is 191 Å². The monoisotopic (exact) mass is 461 g/mol. The number of hydrogen-bond donors (Lipinski definition) is 0. The highest BCUT2D eigenvalue weighted by Crippen LogP contribution is 2.35. The summed E-state index contributed by atoms with van der Waals surface area (Å²) in [4.78, 5) is 27.0. The number of ether oxygens (including phenoxy) is 2. The van der Waals surface area contributed by atoms with Crippen LogP contribution in [-0.2, 0) is 19.1 Å². The molecular formula is C23H25ClFN3O4. The Morgan fingerprint density at radius 1 is 1.16 bits per heavy atom. The van der Waals surface area contributed by atoms with Crippen molar-refractivity contribution in [2.45, 2.75) is 12.5 Å². The van der Waals surface area contributed by atoms with Gasteiger partial charge in [0.15, 0.2) is 0 Å². The van der Waals surface area contributed by atoms with E-state index in [1.807, 2.05) is 6.07 Å². The standard InChI is InChI=1S/C23H25ClFN3O4/c1-31-12-11-27(23(30)15-32-2)14-22(29)28-21(17-8-4-6-10-19(17)25)13-20(26-28)16-7-3-5-9-18(16)24/h3-10,21H,11-15H2,1-2H3/t21-/m0/s1. The Morgan fingerprint density at radius 3 is 2.56 bits per heavy atom. The summed E-state index contributed by atoms with van der Waals surface area (Å²) in [5.41, 5.74) is 1.60. The van der Waals surface area contributed by atoms with E-state index in [2.05, 4.69) is 5.10 Å². The maximum absolute atomic E-state index is 14.6. The predicted molar refractivity (Wildman–Crippen MR) is 119 cm³/mol. The number of hydrogen-bond acceptors (Lipinski definition) is 5. The van der Waals surface area contributed by atoms with Crippen LogP contribution in [0.1, 0.15) is 23.6 Å². The molecule has 1 heterocycles. The van der Waals surface area contributed by atoms with Gasteiger partial charge in [0.25, 0.3) is 5.91 Å². The number of rotatable bonds is 9. The molecule has 2 aromatic rings. The molecule has 170 valence electrons. The Bertz CT molecular complexity index is 1000. The van der Waals surface area contributed by atoms with Crippen molar-refractivity contribution in [3.63, 3.8) is 0 Å². The van der Waals surface area contributed by atoms with Crippen LogP contribution in [-0.4, -0.2) is 68.0 Å². The van der Waals surface area contributed by atoms with Crippen molar-refractivity contribution in [1.82, 2.24) is 9.91 Å². The molecule has 0 bridgehead atoms. The third kappa shape index (κ3) is 5.51. The van der Waals surface area contributed by atoms with Crippen LogP contribution in [0.15, 0.2) is 53.6 Å². The zero-order chi connectivity index (χ0) is 23.1. The van der Waals surface area contributed by atoms with Crippen molar-refractivity contribution in [2.24, 2.45) is 5.10 Å². The summed E-state index contributed by atoms with van der Waals surface area (Å²) < 4.78 is 24.6. The second kappa shape index (κ2) is 11.2. The molecule has 2 amide bonds. The Kier molecular flexibility index (Phi) is 8.33. The van der Waals surface area contributed by atoms with Gasteiger partial charge in [-0.15, -0.1) is 0 Å². The second-order valence-corrected chi connectivity index (χ2v) is 7.65. The Balaban J connectivity index is 1.92. The van der Waals surface area contributed by atoms with Gasteiger partial charge < -0.3 is 14.4 Å². The van der Waals surface area contributed by atoms with Gasteiger partial charge in [0.2, 0.25) is 5.91 Å². The van der Waals surface area contributed by atoms with E-state index in [-0.39, 0.29) is 32.2 Å². The van der Waals surface area contributed by atoms with Crippen LogP contribution in [0.3, 0.4) is 0 Å². The lowest BCUT2D eigenvalue weighted by molar-refractivity contribution is -0.144. The summed E-state index contributed by atoms with van der Waals surface area (Å²) in [6, 6.07) is 12.8. The fourth-order valence-corrected chi connectivity index (χ4v) is 3.77. The molecule has 3 rings (SSSR count). The first-order valence-corrected chi connectivity index (χ1v) is 10.5. The molecule has 0 radical (unpaired) electrons. The summed E-state index contributed by atoms with van der Waals surface area (Å²) in [5.74, 6) is -1.23. The van der Waals surface area contributed by atoms with Gasteiger partial charge in [-0.1, -0.05) is 48.0 Å². The molecule has 0 unspecified atom stereocenters. The first-order valence-electron chi connectivity index (χ1n) is 10.1. The minimum absolute atomic E-state index is 0.165. The van der Waals surface area contributed by atoms with Gasteiger partial charge in [-0.2, -0.15) is 5.10 Å². The van der Waals surface area contributed by atoms with Crippen LogP contribution in [0, 0.1) is 5.82 Å². The molecule has 1 aliphatic rings. The maximum atomic E-state index is 14.6. The van der Waals surface area contributed by atoms with Gasteiger partial charge in [-0.05, 0) is 12.1 Å². The van der Waals surface area contributed by atoms with E-state index >= 15 is 0 Å². The topological polar surface area (TPSA) is 71.4 Å². The fraction of sp³-hybridized carbons (Fsp3) is 0.348. The molecule has 0 aromatic heterocycles. The van der Waals surface area contributed by atoms with Crippen molar-refractivity contribution in [3.05, 3.63) is 70.5 Å². The van der Waals surface area contributed by atoms with Crippen molar-refractivity contribution < 1.29 is 23.5 Å². The molecule has 9 heteroatoms. The third-order valence-electron chi connectivity index (χ3n) is 5.13. The molecule has 0 aliphatic carbocycles. The van der Waals surface area contributed by atoms with Crippen molar-refractivity contribution in [3.8, 4) is 0 Å². The quantitative estimate of drug-likeness (QED) is 0.574. The number of methoxy groups -OCH3 is 2. The van der Waals surface area contributed by atoms with Gasteiger partial charge >= 0.3 is 0 Å². The molecule has 2 aromatic carbocycles. The van der Waals surface area contributed by atoms with Crippen molar-refractivity contribution in [1.29, 1.82) is 0 Å². The summed E-state index contributed by atoms with van der Waals surface area (Å²) in [7, 11) is 2.92. The molecule has 1 atom stereocenters. The summed E-state index contributed by atoms with van der Waals surface area (Å²) in [6.45, 7) is 0.0645. The normalized spacial score (nSPS) is 15.6. The number of nitrogens with zero attached hydrogens (tertiary/aromatic N) is 3. The van der Waals surface area contributed by atoms with Gasteiger partial charge in [0.1, 0.15) is 19.0 Å². The minimum atomic E-state index is -0.656. The highest BCUT2D eigenvalue weighted by molar-refractivity contribution is 6.34. The molecule has 0 N–H and O–H groups in total. The van der Waals surface area contributed by atoms with Crippen LogP contribution in [0.2, 0.25) is 5.02 Å². The van der Waals surface area contributed by atoms with E-state index in [0.29, 0.717) is 28.3 Å². The van der Waals surface area contributed by atoms with Gasteiger partial charge in [0.05, 0.1) is 18.4 Å². The van der Waals surface area contributed by atoms with E-state index in [0.717, 1.165) is 0 Å². The molecule has 0 saturated carbocycles. The largest absolute Gasteiger partial charge is 0.383 e. The molecule has 32 heavy (non-hydrogen) atoms. The molecule has 0 spiro atoms. The molecule has 0 saturated heterocycles. The zero-order valence-electron chi connectivity index (χ0n) is 18.0. The third-order valence-corrected chi connectivity index (χ3v) is 5.46. The Hall–Kier alpha value is -2.81. The number of carbonyl (C=O) groups is 2. The van der Waals surface area contributed by atoms with Crippen LogP contribution in [0.4, 0.5) is 4.39 Å². The average molecular weight is 462 g/mol. The Morgan fingerprint density at radius 2 is 1.88 bits per heavy atom. The number of carbonyl (C=O) groups excluding carboxylic acids is 2. The SMILES string of the molecule is COCCN(CC(=O)N1N=C(c2ccccc2Cl)C[C@H]1c1ccccc1F)C(=O)COC. The summed E-state index contributed by atoms with van der Waals surface area (Å²) in [6.07, 6.45) is 0.292. The van der Waals surface area contributed by atoms with E-state index in [4.69, 9.17) is 21.1 Å². The summed E-state index contributed by atoms with van der Waals surface area (Å²) in [5, 5.41) is 6.24. The number of hydrazone groups is 1. The van der Waals surface area contributed by atoms with Crippen LogP contribution in [0.5, 0.6) is 0 Å². The fourth-order valence-electron chi connectivity index (χ4n) is 3.53. The van der Waals surface area contributed by atoms with Crippen molar-refractivity contribution in [2.75, 3.05) is 40.5 Å². The van der Waals surface area contributed by atoms with Gasteiger partial charge in [-0.3, -0.25) is 9.59 Å². The lowest BCUT2D eigenvalue weighted by Crippen LogP contribution is -2.44. The lowest BCUT2D eigenvalue weighted by Gasteiger charge is -2.27. The summed E-state index contributed by atoms with van der Waals surface area (Å²) >= 11 is 6.34. The van der Waals surface area contributed by atoms with E-state index < -0.39 is 17.8 Å². The smallest absolute Gasteiger partial charge is 0.262 e. The zero-order valence-corrected chi connectivity index (χ0v) is 18.7.